The van der Waals surface area contributed by atoms with E-state index in [0.29, 0.717) is 11.4 Å². The number of amides is 3. The summed E-state index contributed by atoms with van der Waals surface area (Å²) in [4.78, 5) is 23.5. The topological polar surface area (TPSA) is 93.4 Å². The van der Waals surface area contributed by atoms with E-state index >= 15 is 0 Å². The van der Waals surface area contributed by atoms with Crippen LogP contribution < -0.4 is 21.1 Å². The molecule has 3 amide bonds. The average Bonchev–Trinajstić information content (AvgIpc) is 2.71. The Kier molecular flexibility index (Phi) is 7.71. The molecule has 0 radical (unpaired) electrons. The van der Waals surface area contributed by atoms with Crippen molar-refractivity contribution in [2.45, 2.75) is 65.2 Å². The van der Waals surface area contributed by atoms with Crippen molar-refractivity contribution in [3.63, 3.8) is 0 Å². The van der Waals surface area contributed by atoms with Gasteiger partial charge in [-0.15, -0.1) is 0 Å². The smallest absolute Gasteiger partial charge is 0.316 e. The Morgan fingerprint density at radius 2 is 1.52 bits per heavy atom. The molecule has 0 aliphatic heterocycles. The van der Waals surface area contributed by atoms with Crippen molar-refractivity contribution in [2.75, 3.05) is 17.2 Å². The molecule has 4 N–H and O–H groups in total. The van der Waals surface area contributed by atoms with Gasteiger partial charge in [-0.2, -0.15) is 0 Å². The second kappa shape index (κ2) is 9.86. The van der Waals surface area contributed by atoms with E-state index in [2.05, 4.69) is 64.3 Å². The van der Waals surface area contributed by atoms with E-state index in [9.17, 15) is 9.59 Å². The molecule has 0 aliphatic carbocycles. The van der Waals surface area contributed by atoms with Gasteiger partial charge < -0.3 is 21.1 Å². The number of anilines is 2. The van der Waals surface area contributed by atoms with Gasteiger partial charge >= 0.3 is 6.03 Å². The van der Waals surface area contributed by atoms with E-state index in [0.717, 1.165) is 24.2 Å². The predicted molar refractivity (Wildman–Crippen MR) is 127 cm³/mol. The van der Waals surface area contributed by atoms with Gasteiger partial charge in [0.05, 0.1) is 0 Å². The second-order valence-electron chi connectivity index (χ2n) is 9.09. The quantitative estimate of drug-likeness (QED) is 0.490. The van der Waals surface area contributed by atoms with Crippen LogP contribution in [-0.2, 0) is 15.6 Å². The number of carbonyl (C=O) groups is 2. The molecule has 0 bridgehead atoms. The molecular weight excluding hydrogens is 390 g/mol. The maximum Gasteiger partial charge on any atom is 0.316 e. The number of nitrogens with two attached hydrogens (primary N) is 1. The molecule has 2 aromatic rings. The van der Waals surface area contributed by atoms with Gasteiger partial charge in [0.25, 0.3) is 5.91 Å². The summed E-state index contributed by atoms with van der Waals surface area (Å²) in [7, 11) is 0. The van der Waals surface area contributed by atoms with Gasteiger partial charge in [-0.1, -0.05) is 59.7 Å². The number of ether oxygens (including phenoxy) is 1. The fourth-order valence-electron chi connectivity index (χ4n) is 3.16. The van der Waals surface area contributed by atoms with Crippen molar-refractivity contribution in [3.05, 3.63) is 53.6 Å². The van der Waals surface area contributed by atoms with Crippen LogP contribution >= 0.6 is 0 Å². The number of hydrogen-bond donors (Lipinski definition) is 3. The molecule has 0 saturated heterocycles. The number of carbonyl (C=O) groups excluding carboxylic acids is 2. The lowest BCUT2D eigenvalue weighted by Gasteiger charge is -2.30. The molecular formula is C25H35N3O3. The molecule has 6 heteroatoms. The van der Waals surface area contributed by atoms with Gasteiger partial charge in [-0.25, -0.2) is 4.79 Å². The number of hydrogen-bond acceptors (Lipinski definition) is 3. The molecule has 31 heavy (non-hydrogen) atoms. The third-order valence-corrected chi connectivity index (χ3v) is 6.03. The van der Waals surface area contributed by atoms with Gasteiger partial charge in [0, 0.05) is 16.9 Å². The molecule has 6 nitrogen and oxygen atoms in total. The van der Waals surface area contributed by atoms with Crippen LogP contribution in [0, 0.1) is 0 Å². The summed E-state index contributed by atoms with van der Waals surface area (Å²) in [6.45, 7) is 13.1. The molecule has 0 heterocycles. The van der Waals surface area contributed by atoms with Crippen LogP contribution in [0.2, 0.25) is 0 Å². The Hall–Kier alpha value is -3.02. The Bertz CT molecular complexity index is 935. The summed E-state index contributed by atoms with van der Waals surface area (Å²) in [6, 6.07) is 12.4. The lowest BCUT2D eigenvalue weighted by atomic mass is 9.76. The van der Waals surface area contributed by atoms with E-state index in [1.165, 1.54) is 5.56 Å². The van der Waals surface area contributed by atoms with Crippen LogP contribution in [0.1, 0.15) is 65.5 Å². The Morgan fingerprint density at radius 1 is 0.903 bits per heavy atom. The maximum atomic E-state index is 12.5. The number of nitrogens with one attached hydrogen (secondary N) is 2. The summed E-state index contributed by atoms with van der Waals surface area (Å²) in [5.74, 6) is 0.441. The van der Waals surface area contributed by atoms with Gasteiger partial charge in [0.2, 0.25) is 0 Å². The van der Waals surface area contributed by atoms with Gasteiger partial charge in [0.1, 0.15) is 5.75 Å². The Morgan fingerprint density at radius 3 is 2.10 bits per heavy atom. The monoisotopic (exact) mass is 425 g/mol. The number of benzene rings is 2. The van der Waals surface area contributed by atoms with Gasteiger partial charge in [-0.05, 0) is 53.5 Å². The SMILES string of the molecule is CCC(C)(C)c1ccc(OCC(=O)Nc2cccc(NC(N)=O)c2)c(C(C)(C)CC)c1. The molecule has 0 aromatic heterocycles. The van der Waals surface area contributed by atoms with Crippen LogP contribution in [-0.4, -0.2) is 18.5 Å². The molecule has 0 atom stereocenters. The first-order chi connectivity index (χ1) is 14.5. The highest BCUT2D eigenvalue weighted by Crippen LogP contribution is 2.38. The Labute approximate surface area is 185 Å². The second-order valence-corrected chi connectivity index (χ2v) is 9.09. The molecule has 2 aromatic carbocycles. The molecule has 0 spiro atoms. The van der Waals surface area contributed by atoms with Gasteiger partial charge in [0.15, 0.2) is 6.61 Å². The van der Waals surface area contributed by atoms with Crippen LogP contribution in [0.4, 0.5) is 16.2 Å². The van der Waals surface area contributed by atoms with Crippen LogP contribution in [0.5, 0.6) is 5.75 Å². The largest absolute Gasteiger partial charge is 0.483 e. The van der Waals surface area contributed by atoms with E-state index < -0.39 is 6.03 Å². The van der Waals surface area contributed by atoms with E-state index in [-0.39, 0.29) is 23.3 Å². The minimum absolute atomic E-state index is 0.0679. The summed E-state index contributed by atoms with van der Waals surface area (Å²) >= 11 is 0. The third kappa shape index (κ3) is 6.48. The summed E-state index contributed by atoms with van der Waals surface area (Å²) < 4.78 is 5.95. The fourth-order valence-corrected chi connectivity index (χ4v) is 3.16. The van der Waals surface area contributed by atoms with Gasteiger partial charge in [-0.3, -0.25) is 4.79 Å². The van der Waals surface area contributed by atoms with Crippen molar-refractivity contribution in [3.8, 4) is 5.75 Å². The zero-order chi connectivity index (χ0) is 23.2. The number of primary amides is 1. The summed E-state index contributed by atoms with van der Waals surface area (Å²) in [5.41, 5.74) is 8.55. The van der Waals surface area contributed by atoms with Crippen LogP contribution in [0.15, 0.2) is 42.5 Å². The van der Waals surface area contributed by atoms with E-state index in [1.807, 2.05) is 6.07 Å². The summed E-state index contributed by atoms with van der Waals surface area (Å²) in [5, 5.41) is 5.27. The number of urea groups is 1. The lowest BCUT2D eigenvalue weighted by molar-refractivity contribution is -0.118. The third-order valence-electron chi connectivity index (χ3n) is 6.03. The first-order valence-electron chi connectivity index (χ1n) is 10.7. The first kappa shape index (κ1) is 24.3. The van der Waals surface area contributed by atoms with E-state index in [4.69, 9.17) is 10.5 Å². The fraction of sp³-hybridized carbons (Fsp3) is 0.440. The molecule has 168 valence electrons. The van der Waals surface area contributed by atoms with Crippen molar-refractivity contribution in [2.24, 2.45) is 5.73 Å². The highest BCUT2D eigenvalue weighted by atomic mass is 16.5. The van der Waals surface area contributed by atoms with Crippen molar-refractivity contribution < 1.29 is 14.3 Å². The molecule has 0 fully saturated rings. The average molecular weight is 426 g/mol. The van der Waals surface area contributed by atoms with Crippen LogP contribution in [0.25, 0.3) is 0 Å². The normalized spacial score (nSPS) is 11.7. The Balaban J connectivity index is 2.17. The predicted octanol–water partition coefficient (Wildman–Crippen LogP) is 5.57. The van der Waals surface area contributed by atoms with Crippen LogP contribution in [0.3, 0.4) is 0 Å². The van der Waals surface area contributed by atoms with E-state index in [1.54, 1.807) is 24.3 Å². The molecule has 0 unspecified atom stereocenters. The minimum atomic E-state index is -0.660. The lowest BCUT2D eigenvalue weighted by Crippen LogP contribution is -2.24. The standard InChI is InChI=1S/C25H35N3O3/c1-7-24(3,4)17-12-13-21(20(14-17)25(5,6)8-2)31-16-22(29)27-18-10-9-11-19(15-18)28-23(26)30/h9-15H,7-8,16H2,1-6H3,(H,27,29)(H3,26,28,30). The highest BCUT2D eigenvalue weighted by Gasteiger charge is 2.26. The summed E-state index contributed by atoms with van der Waals surface area (Å²) in [6.07, 6.45) is 1.98. The maximum absolute atomic E-state index is 12.5. The zero-order valence-corrected chi connectivity index (χ0v) is 19.5. The minimum Gasteiger partial charge on any atom is -0.483 e. The number of rotatable bonds is 9. The molecule has 0 aliphatic rings. The van der Waals surface area contributed by atoms with Crippen molar-refractivity contribution in [1.82, 2.24) is 0 Å². The first-order valence-corrected chi connectivity index (χ1v) is 10.7. The molecule has 2 rings (SSSR count). The molecule has 0 saturated carbocycles. The zero-order valence-electron chi connectivity index (χ0n) is 19.5. The highest BCUT2D eigenvalue weighted by molar-refractivity contribution is 5.93. The van der Waals surface area contributed by atoms with Crippen molar-refractivity contribution >= 4 is 23.3 Å². The van der Waals surface area contributed by atoms with Crippen molar-refractivity contribution in [1.29, 1.82) is 0 Å².